The van der Waals surface area contributed by atoms with Gasteiger partial charge < -0.3 is 95.3 Å². The van der Waals surface area contributed by atoms with Gasteiger partial charge in [0.2, 0.25) is 70.9 Å². The fourth-order valence-corrected chi connectivity index (χ4v) is 9.69. The Bertz CT molecular complexity index is 2310. The molecule has 31 heteroatoms. The highest BCUT2D eigenvalue weighted by atomic mass is 16.4. The highest BCUT2D eigenvalue weighted by Crippen LogP contribution is 2.17. The number of nitrogens with one attached hydrogen (secondary N) is 10. The van der Waals surface area contributed by atoms with Crippen LogP contribution in [-0.2, 0) is 62.3 Å². The van der Waals surface area contributed by atoms with E-state index in [1.165, 1.54) is 0 Å². The Kier molecular flexibility index (Phi) is 40.6. The largest absolute Gasteiger partial charge is 0.479 e. The SMILES string of the molecule is CCCCCCCCCC(O)CCC1NC(=O)C(C(C)O)NC(=O)C(C(C)O)NC(=O)C(CC(O)C(=O)O)NC(=O)C(C)NC(=O)C(CC(N)=O)NC(=O)C(CC(N)=O)NC(=O)C(CCCCCCCC(O)CCCCCC)NC(=O)CCNC(=O)CNC1=O. The third-order valence-corrected chi connectivity index (χ3v) is 15.1. The number of nitrogens with two attached hydrogens (primary N) is 2. The molecule has 514 valence electrons. The Hall–Kier alpha value is -7.09. The van der Waals surface area contributed by atoms with E-state index in [4.69, 9.17) is 11.5 Å². The molecule has 0 radical (unpaired) electrons. The number of unbranched alkanes of at least 4 members (excludes halogenated alkanes) is 13. The average Bonchev–Trinajstić information content (AvgIpc) is 2.80. The van der Waals surface area contributed by atoms with E-state index in [9.17, 15) is 93.0 Å². The molecule has 90 heavy (non-hydrogen) atoms. The number of rotatable bonds is 33. The number of primary amides is 2. The number of aliphatic hydroxyl groups excluding tert-OH is 5. The third-order valence-electron chi connectivity index (χ3n) is 15.1. The van der Waals surface area contributed by atoms with Crippen LogP contribution >= 0.6 is 0 Å². The summed E-state index contributed by atoms with van der Waals surface area (Å²) in [6.07, 6.45) is 4.56. The van der Waals surface area contributed by atoms with Gasteiger partial charge in [-0.2, -0.15) is 0 Å². The van der Waals surface area contributed by atoms with E-state index in [-0.39, 0.29) is 25.8 Å². The smallest absolute Gasteiger partial charge is 0.332 e. The highest BCUT2D eigenvalue weighted by molar-refractivity contribution is 6.00. The van der Waals surface area contributed by atoms with Gasteiger partial charge in [-0.15, -0.1) is 0 Å². The molecule has 1 aliphatic heterocycles. The number of amides is 12. The van der Waals surface area contributed by atoms with Gasteiger partial charge in [0.1, 0.15) is 48.3 Å². The van der Waals surface area contributed by atoms with Crippen molar-refractivity contribution in [2.75, 3.05) is 13.1 Å². The van der Waals surface area contributed by atoms with Crippen molar-refractivity contribution in [3.05, 3.63) is 0 Å². The van der Waals surface area contributed by atoms with Crippen LogP contribution in [0.2, 0.25) is 0 Å². The van der Waals surface area contributed by atoms with Crippen molar-refractivity contribution in [2.24, 2.45) is 11.5 Å². The van der Waals surface area contributed by atoms with E-state index >= 15 is 0 Å². The van der Waals surface area contributed by atoms with Crippen molar-refractivity contribution in [2.45, 2.75) is 280 Å². The Balaban J connectivity index is 3.78. The van der Waals surface area contributed by atoms with Crippen LogP contribution < -0.4 is 64.6 Å². The standard InChI is InChI=1S/C59H104N12O19/c1-6-8-10-12-13-15-20-24-38(75)26-27-40-52(82)63-33-48(80)62-29-28-47(79)65-39(25-21-17-14-16-19-23-37(74)22-18-11-9-7-2)53(83)68-43(32-46(61)78)55(85)69-42(31-45(60)77)54(84)64-34(3)51(81)67-41(30-44(76)59(89)90)56(86)70-50(36(5)73)58(88)71-49(35(4)72)57(87)66-40/h34-44,49-50,72-76H,6-33H2,1-5H3,(H2,60,77)(H2,61,78)(H,62,80)(H,63,82)(H,64,84)(H,65,79)(H,66,87)(H,67,81)(H,68,83)(H,69,85)(H,70,86)(H,71,88)(H,89,90). The summed E-state index contributed by atoms with van der Waals surface area (Å²) in [4.78, 5) is 174. The van der Waals surface area contributed by atoms with Gasteiger partial charge in [-0.3, -0.25) is 57.5 Å². The molecule has 20 N–H and O–H groups in total. The molecule has 0 aliphatic carbocycles. The molecule has 0 saturated carbocycles. The molecule has 0 aromatic heterocycles. The van der Waals surface area contributed by atoms with Crippen LogP contribution in [0.5, 0.6) is 0 Å². The van der Waals surface area contributed by atoms with E-state index in [0.717, 1.165) is 97.8 Å². The number of carbonyl (C=O) groups excluding carboxylic acids is 12. The summed E-state index contributed by atoms with van der Waals surface area (Å²) in [5, 5.41) is 85.6. The van der Waals surface area contributed by atoms with Gasteiger partial charge in [0, 0.05) is 19.4 Å². The molecule has 0 spiro atoms. The first-order valence-corrected chi connectivity index (χ1v) is 31.7. The highest BCUT2D eigenvalue weighted by Gasteiger charge is 2.38. The molecule has 1 saturated heterocycles. The number of carboxylic acids is 1. The molecular weight excluding hydrogens is 1180 g/mol. The predicted molar refractivity (Wildman–Crippen MR) is 326 cm³/mol. The van der Waals surface area contributed by atoms with Gasteiger partial charge in [-0.25, -0.2) is 4.79 Å². The molecule has 1 aliphatic rings. The zero-order valence-electron chi connectivity index (χ0n) is 52.9. The van der Waals surface area contributed by atoms with Gasteiger partial charge in [0.25, 0.3) is 0 Å². The fourth-order valence-electron chi connectivity index (χ4n) is 9.69. The number of aliphatic hydroxyl groups is 5. The first-order chi connectivity index (χ1) is 42.5. The lowest BCUT2D eigenvalue weighted by Gasteiger charge is -2.29. The molecule has 1 heterocycles. The van der Waals surface area contributed by atoms with Crippen LogP contribution in [0.4, 0.5) is 0 Å². The van der Waals surface area contributed by atoms with Crippen molar-refractivity contribution in [3.8, 4) is 0 Å². The zero-order chi connectivity index (χ0) is 67.9. The fraction of sp³-hybridized carbons (Fsp3) is 0.780. The summed E-state index contributed by atoms with van der Waals surface area (Å²) in [5.74, 6) is -15.6. The topological polar surface area (TPSA) is 516 Å². The van der Waals surface area contributed by atoms with Crippen LogP contribution in [0.25, 0.3) is 0 Å². The average molecular weight is 1290 g/mol. The summed E-state index contributed by atoms with van der Waals surface area (Å²) in [6.45, 7) is 6.24. The maximum Gasteiger partial charge on any atom is 0.332 e. The molecule has 1 rings (SSSR count). The lowest BCUT2D eigenvalue weighted by Crippen LogP contribution is -2.63. The van der Waals surface area contributed by atoms with Crippen LogP contribution in [-0.4, -0.2) is 199 Å². The first kappa shape index (κ1) is 80.9. The lowest BCUT2D eigenvalue weighted by molar-refractivity contribution is -0.148. The number of hydrogen-bond acceptors (Lipinski definition) is 18. The normalized spacial score (nSPS) is 23.8. The molecule has 0 aromatic carbocycles. The van der Waals surface area contributed by atoms with E-state index in [1.807, 2.05) is 0 Å². The molecule has 12 amide bonds. The Morgan fingerprint density at radius 3 is 1.34 bits per heavy atom. The van der Waals surface area contributed by atoms with E-state index < -0.39 is 188 Å². The van der Waals surface area contributed by atoms with Gasteiger partial charge in [-0.1, -0.05) is 117 Å². The van der Waals surface area contributed by atoms with Gasteiger partial charge in [0.15, 0.2) is 6.10 Å². The molecule has 31 nitrogen and oxygen atoms in total. The molecule has 0 bridgehead atoms. The third kappa shape index (κ3) is 34.8. The molecule has 13 unspecified atom stereocenters. The number of hydrogen-bond donors (Lipinski definition) is 18. The second-order valence-electron chi connectivity index (χ2n) is 23.3. The van der Waals surface area contributed by atoms with Crippen LogP contribution in [0, 0.1) is 0 Å². The van der Waals surface area contributed by atoms with Crippen molar-refractivity contribution in [1.82, 2.24) is 53.2 Å². The first-order valence-electron chi connectivity index (χ1n) is 31.7. The van der Waals surface area contributed by atoms with Gasteiger partial charge in [-0.05, 0) is 59.3 Å². The summed E-state index contributed by atoms with van der Waals surface area (Å²) >= 11 is 0. The minimum Gasteiger partial charge on any atom is -0.479 e. The predicted octanol–water partition coefficient (Wildman–Crippen LogP) is -2.79. The van der Waals surface area contributed by atoms with Gasteiger partial charge in [0.05, 0.1) is 43.8 Å². The summed E-state index contributed by atoms with van der Waals surface area (Å²) in [5.41, 5.74) is 10.9. The van der Waals surface area contributed by atoms with Crippen molar-refractivity contribution < 1.29 is 93.0 Å². The second kappa shape index (κ2) is 45.2. The summed E-state index contributed by atoms with van der Waals surface area (Å²) in [6, 6.07) is -14.6. The van der Waals surface area contributed by atoms with Crippen molar-refractivity contribution in [3.63, 3.8) is 0 Å². The van der Waals surface area contributed by atoms with Crippen LogP contribution in [0.15, 0.2) is 0 Å². The van der Waals surface area contributed by atoms with Gasteiger partial charge >= 0.3 is 5.97 Å². The Morgan fingerprint density at radius 2 is 0.844 bits per heavy atom. The molecule has 1 fully saturated rings. The van der Waals surface area contributed by atoms with Crippen molar-refractivity contribution >= 4 is 76.9 Å². The van der Waals surface area contributed by atoms with E-state index in [0.29, 0.717) is 44.9 Å². The van der Waals surface area contributed by atoms with Crippen LogP contribution in [0.3, 0.4) is 0 Å². The van der Waals surface area contributed by atoms with E-state index in [1.54, 1.807) is 0 Å². The quantitative estimate of drug-likeness (QED) is 0.0295. The number of carboxylic acid groups (broad SMARTS) is 1. The number of carbonyl (C=O) groups is 13. The summed E-state index contributed by atoms with van der Waals surface area (Å²) < 4.78 is 0. The van der Waals surface area contributed by atoms with Crippen LogP contribution in [0.1, 0.15) is 202 Å². The van der Waals surface area contributed by atoms with E-state index in [2.05, 4.69) is 67.0 Å². The lowest BCUT2D eigenvalue weighted by atomic mass is 10.0. The van der Waals surface area contributed by atoms with Crippen molar-refractivity contribution in [1.29, 1.82) is 0 Å². The summed E-state index contributed by atoms with van der Waals surface area (Å²) in [7, 11) is 0. The monoisotopic (exact) mass is 1280 g/mol. The maximum atomic E-state index is 14.1. The minimum atomic E-state index is -2.37. The molecular formula is C59H104N12O19. The maximum absolute atomic E-state index is 14.1. The molecule has 13 atom stereocenters. The zero-order valence-corrected chi connectivity index (χ0v) is 52.9. The minimum absolute atomic E-state index is 0.0231. The number of aliphatic carboxylic acids is 1. The molecule has 0 aromatic rings. The Morgan fingerprint density at radius 1 is 0.444 bits per heavy atom. The Labute approximate surface area is 526 Å². The second-order valence-corrected chi connectivity index (χ2v) is 23.3.